The fraction of sp³-hybridized carbons (Fsp3) is 0.522. The second-order valence-corrected chi connectivity index (χ2v) is 18.9. The standard InChI is InChI=1S/C23H27F4N5O2.C14H20ClFN4.C9H8F3NO2/c1-22(2)11-14(9-15-5-4-8-32(15)22)29-19-18(24)12-28-21(31-19)30-13-6-7-16(20(33)34-3)17(10-13)23(25,26)27;1-14(2)7-9(6-10-4-3-5-20(10)14)18-12-11(16)8-17-13(15)19-12;1-15-8(14)6-3-2-5(13)4-7(6)9(10,11)12/h6-7,10,12,14-15H,4-5,8-9,11H2,1-3H3,(H2,28,29,30,31);8-10H,3-7H2,1-2H3,(H,17,18,19);2-4H,13H2,1H3/t14-,15+;9-,10+;/m11./s1. The zero-order chi connectivity index (χ0) is 50.6. The fourth-order valence-corrected chi connectivity index (χ4v) is 10.1. The van der Waals surface area contributed by atoms with Gasteiger partial charge in [-0.2, -0.15) is 36.3 Å². The Balaban J connectivity index is 0.000000189. The van der Waals surface area contributed by atoms with E-state index >= 15 is 0 Å². The summed E-state index contributed by atoms with van der Waals surface area (Å²) in [5.41, 5.74) is 1.87. The van der Waals surface area contributed by atoms with E-state index < -0.39 is 58.2 Å². The first-order valence-corrected chi connectivity index (χ1v) is 22.6. The lowest BCUT2D eigenvalue weighted by Crippen LogP contribution is -2.55. The molecule has 2 aromatic heterocycles. The summed E-state index contributed by atoms with van der Waals surface area (Å²) in [6.07, 6.45) is 1.10. The molecule has 5 N–H and O–H groups in total. The Bertz CT molecular complexity index is 2480. The highest BCUT2D eigenvalue weighted by Gasteiger charge is 2.45. The molecule has 0 amide bonds. The number of benzene rings is 2. The van der Waals surface area contributed by atoms with Gasteiger partial charge in [-0.3, -0.25) is 9.80 Å². The lowest BCUT2D eigenvalue weighted by Gasteiger charge is -2.47. The highest BCUT2D eigenvalue weighted by molar-refractivity contribution is 6.28. The number of ether oxygens (including phenoxy) is 2. The number of alkyl halides is 6. The highest BCUT2D eigenvalue weighted by Crippen LogP contribution is 2.41. The molecule has 0 aliphatic carbocycles. The molecule has 4 aromatic rings. The Kier molecular flexibility index (Phi) is 16.2. The van der Waals surface area contributed by atoms with Gasteiger partial charge in [-0.15, -0.1) is 0 Å². The number of nitrogens with two attached hydrogens (primary N) is 1. The lowest BCUT2D eigenvalue weighted by atomic mass is 9.84. The van der Waals surface area contributed by atoms with Crippen molar-refractivity contribution in [1.82, 2.24) is 29.7 Å². The first-order chi connectivity index (χ1) is 32.3. The Morgan fingerprint density at radius 3 is 1.68 bits per heavy atom. The zero-order valence-electron chi connectivity index (χ0n) is 38.8. The summed E-state index contributed by atoms with van der Waals surface area (Å²) in [7, 11) is 2.02. The van der Waals surface area contributed by atoms with E-state index in [2.05, 4.69) is 82.9 Å². The van der Waals surface area contributed by atoms with Crippen molar-refractivity contribution in [3.8, 4) is 0 Å². The predicted molar refractivity (Wildman–Crippen MR) is 243 cm³/mol. The summed E-state index contributed by atoms with van der Waals surface area (Å²) in [5.74, 6) is -3.08. The van der Waals surface area contributed by atoms with E-state index in [9.17, 15) is 44.7 Å². The van der Waals surface area contributed by atoms with Gasteiger partial charge >= 0.3 is 24.3 Å². The minimum absolute atomic E-state index is 0.00191. The van der Waals surface area contributed by atoms with Gasteiger partial charge in [0, 0.05) is 46.6 Å². The van der Waals surface area contributed by atoms with E-state index in [1.54, 1.807) is 0 Å². The Hall–Kier alpha value is -5.61. The van der Waals surface area contributed by atoms with Crippen molar-refractivity contribution in [3.63, 3.8) is 0 Å². The number of esters is 2. The molecule has 0 saturated carbocycles. The van der Waals surface area contributed by atoms with Crippen molar-refractivity contribution in [2.24, 2.45) is 0 Å². The summed E-state index contributed by atoms with van der Waals surface area (Å²) < 4.78 is 115. The molecule has 4 fully saturated rings. The van der Waals surface area contributed by atoms with Gasteiger partial charge in [0.15, 0.2) is 23.3 Å². The molecule has 69 heavy (non-hydrogen) atoms. The summed E-state index contributed by atoms with van der Waals surface area (Å²) >= 11 is 5.74. The van der Waals surface area contributed by atoms with Crippen LogP contribution in [0.5, 0.6) is 0 Å². The Labute approximate surface area is 399 Å². The normalized spacial score (nSPS) is 21.8. The number of nitrogens with zero attached hydrogens (tertiary/aromatic N) is 6. The highest BCUT2D eigenvalue weighted by atomic mass is 35.5. The maximum absolute atomic E-state index is 14.5. The summed E-state index contributed by atoms with van der Waals surface area (Å²) in [4.78, 5) is 43.5. The Morgan fingerprint density at radius 2 is 1.19 bits per heavy atom. The maximum Gasteiger partial charge on any atom is 0.417 e. The molecule has 0 radical (unpaired) electrons. The molecular formula is C46H55ClF8N10O4. The number of hydrogen-bond donors (Lipinski definition) is 4. The zero-order valence-corrected chi connectivity index (χ0v) is 39.6. The van der Waals surface area contributed by atoms with Crippen LogP contribution in [0.2, 0.25) is 5.28 Å². The molecule has 14 nitrogen and oxygen atoms in total. The van der Waals surface area contributed by atoms with Crippen molar-refractivity contribution in [3.05, 3.63) is 88.0 Å². The van der Waals surface area contributed by atoms with Crippen LogP contribution in [-0.2, 0) is 21.8 Å². The van der Waals surface area contributed by atoms with Gasteiger partial charge in [-0.1, -0.05) is 0 Å². The van der Waals surface area contributed by atoms with Crippen molar-refractivity contribution in [1.29, 1.82) is 0 Å². The molecule has 0 spiro atoms. The number of nitrogen functional groups attached to an aromatic ring is 1. The molecule has 4 atom stereocenters. The number of methoxy groups -OCH3 is 2. The fourth-order valence-electron chi connectivity index (χ4n) is 9.96. The monoisotopic (exact) mass is 998 g/mol. The minimum Gasteiger partial charge on any atom is -0.465 e. The van der Waals surface area contributed by atoms with Crippen LogP contribution < -0.4 is 21.7 Å². The molecule has 0 bridgehead atoms. The largest absolute Gasteiger partial charge is 0.465 e. The van der Waals surface area contributed by atoms with Gasteiger partial charge in [-0.25, -0.2) is 28.3 Å². The van der Waals surface area contributed by atoms with Crippen LogP contribution in [0.15, 0.2) is 48.8 Å². The number of carbonyl (C=O) groups excluding carboxylic acids is 2. The summed E-state index contributed by atoms with van der Waals surface area (Å²) in [6, 6.07) is 7.21. The minimum atomic E-state index is -4.78. The summed E-state index contributed by atoms with van der Waals surface area (Å²) in [5, 5.41) is 9.14. The number of hydrogen-bond acceptors (Lipinski definition) is 14. The molecule has 0 unspecified atom stereocenters. The van der Waals surface area contributed by atoms with Gasteiger partial charge in [0.05, 0.1) is 48.9 Å². The third-order valence-corrected chi connectivity index (χ3v) is 13.0. The van der Waals surface area contributed by atoms with Crippen LogP contribution in [0.3, 0.4) is 0 Å². The van der Waals surface area contributed by atoms with E-state index in [-0.39, 0.29) is 57.4 Å². The van der Waals surface area contributed by atoms with Crippen molar-refractivity contribution < 1.29 is 54.2 Å². The number of anilines is 5. The van der Waals surface area contributed by atoms with Crippen LogP contribution in [-0.4, -0.2) is 104 Å². The van der Waals surface area contributed by atoms with Crippen LogP contribution >= 0.6 is 11.6 Å². The van der Waals surface area contributed by atoms with Gasteiger partial charge in [-0.05, 0) is 140 Å². The predicted octanol–water partition coefficient (Wildman–Crippen LogP) is 10.1. The van der Waals surface area contributed by atoms with Gasteiger partial charge in [0.2, 0.25) is 11.2 Å². The van der Waals surface area contributed by atoms with E-state index in [4.69, 9.17) is 17.3 Å². The third kappa shape index (κ3) is 13.0. The number of rotatable bonds is 8. The number of piperidine rings is 2. The third-order valence-electron chi connectivity index (χ3n) is 12.8. The molecule has 6 heterocycles. The summed E-state index contributed by atoms with van der Waals surface area (Å²) in [6.45, 7) is 11.1. The van der Waals surface area contributed by atoms with E-state index in [0.29, 0.717) is 18.2 Å². The lowest BCUT2D eigenvalue weighted by molar-refractivity contribution is -0.138. The Morgan fingerprint density at radius 1 is 0.725 bits per heavy atom. The van der Waals surface area contributed by atoms with Crippen molar-refractivity contribution >= 4 is 52.5 Å². The quantitative estimate of drug-likeness (QED) is 0.0569. The van der Waals surface area contributed by atoms with Crippen LogP contribution in [0.25, 0.3) is 0 Å². The molecule has 4 saturated heterocycles. The SMILES string of the molecule is CC1(C)C[C@H](Nc2nc(Cl)ncc2F)C[C@@H]2CCCN21.COC(=O)c1ccc(N)cc1C(F)(F)F.COC(=O)c1ccc(Nc2ncc(F)c(N[C@@H]3C[C@@H]4CCCN4C(C)(C)C3)n2)cc1C(F)(F)F. The maximum atomic E-state index is 14.5. The molecule has 4 aliphatic rings. The number of carbonyl (C=O) groups is 2. The second-order valence-electron chi connectivity index (χ2n) is 18.6. The van der Waals surface area contributed by atoms with Crippen LogP contribution in [0, 0.1) is 11.6 Å². The van der Waals surface area contributed by atoms with Crippen LogP contribution in [0.4, 0.5) is 64.1 Å². The molecule has 376 valence electrons. The van der Waals surface area contributed by atoms with E-state index in [0.717, 1.165) is 89.9 Å². The number of fused-ring (bicyclic) bond motifs is 2. The van der Waals surface area contributed by atoms with Crippen molar-refractivity contribution in [2.45, 2.75) is 127 Å². The first-order valence-electron chi connectivity index (χ1n) is 22.2. The van der Waals surface area contributed by atoms with E-state index in [1.165, 1.54) is 31.5 Å². The van der Waals surface area contributed by atoms with Crippen molar-refractivity contribution in [2.75, 3.05) is 49.0 Å². The second kappa shape index (κ2) is 21.2. The van der Waals surface area contributed by atoms with Gasteiger partial charge in [0.25, 0.3) is 0 Å². The first kappa shape index (κ1) is 52.8. The molecular weight excluding hydrogens is 944 g/mol. The molecule has 4 aliphatic heterocycles. The number of aromatic nitrogens is 4. The van der Waals surface area contributed by atoms with Gasteiger partial charge < -0.3 is 31.2 Å². The molecule has 2 aromatic carbocycles. The molecule has 8 rings (SSSR count). The van der Waals surface area contributed by atoms with Gasteiger partial charge in [0.1, 0.15) is 0 Å². The van der Waals surface area contributed by atoms with Crippen LogP contribution in [0.1, 0.15) is 111 Å². The van der Waals surface area contributed by atoms with E-state index in [1.807, 2.05) is 0 Å². The average molecular weight is 999 g/mol. The topological polar surface area (TPSA) is 173 Å². The smallest absolute Gasteiger partial charge is 0.417 e. The molecule has 23 heteroatoms. The number of halogens is 9. The number of nitrogens with one attached hydrogen (secondary N) is 3. The average Bonchev–Trinajstić information content (AvgIpc) is 3.97.